The van der Waals surface area contributed by atoms with Crippen LogP contribution in [-0.2, 0) is 23.1 Å². The zero-order valence-electron chi connectivity index (χ0n) is 9.09. The van der Waals surface area contributed by atoms with Crippen LogP contribution < -0.4 is 10.5 Å². The Hall–Kier alpha value is -0.740. The number of thiazole rings is 1. The van der Waals surface area contributed by atoms with E-state index in [4.69, 9.17) is 10.2 Å². The second-order valence-corrected chi connectivity index (χ2v) is 6.74. The zero-order chi connectivity index (χ0) is 13.2. The van der Waals surface area contributed by atoms with Gasteiger partial charge in [0.15, 0.2) is 4.67 Å². The molecule has 18 heavy (non-hydrogen) atoms. The Morgan fingerprint density at radius 3 is 2.89 bits per heavy atom. The van der Waals surface area contributed by atoms with E-state index < -0.39 is 10.0 Å². The Morgan fingerprint density at radius 2 is 2.33 bits per heavy atom. The molecule has 0 fully saturated rings. The predicted octanol–water partition coefficient (Wildman–Crippen LogP) is 1.44. The molecule has 2 aromatic rings. The molecule has 0 aromatic carbocycles. The van der Waals surface area contributed by atoms with E-state index in [1.807, 2.05) is 0 Å². The van der Waals surface area contributed by atoms with Crippen molar-refractivity contribution in [2.24, 2.45) is 5.73 Å². The Labute approximate surface area is 116 Å². The SMILES string of the molecule is NCc1cc(S(=O)(=O)NCc2nccs2)c(Br)o1. The van der Waals surface area contributed by atoms with Crippen LogP contribution in [0, 0.1) is 0 Å². The second kappa shape index (κ2) is 5.49. The molecule has 98 valence electrons. The van der Waals surface area contributed by atoms with Crippen molar-refractivity contribution >= 4 is 37.3 Å². The lowest BCUT2D eigenvalue weighted by Gasteiger charge is -2.02. The summed E-state index contributed by atoms with van der Waals surface area (Å²) in [7, 11) is -3.64. The Bertz CT molecular complexity index is 622. The van der Waals surface area contributed by atoms with Crippen LogP contribution in [0.15, 0.2) is 31.6 Å². The first-order valence-electron chi connectivity index (χ1n) is 4.89. The molecule has 6 nitrogen and oxygen atoms in total. The van der Waals surface area contributed by atoms with E-state index in [1.165, 1.54) is 17.4 Å². The van der Waals surface area contributed by atoms with Gasteiger partial charge >= 0.3 is 0 Å². The zero-order valence-corrected chi connectivity index (χ0v) is 12.3. The minimum atomic E-state index is -3.64. The van der Waals surface area contributed by atoms with Gasteiger partial charge in [0.05, 0.1) is 13.1 Å². The highest BCUT2D eigenvalue weighted by molar-refractivity contribution is 9.10. The first kappa shape index (κ1) is 13.7. The van der Waals surface area contributed by atoms with Crippen LogP contribution in [0.2, 0.25) is 0 Å². The van der Waals surface area contributed by atoms with Crippen LogP contribution in [0.25, 0.3) is 0 Å². The Kier molecular flexibility index (Phi) is 4.17. The summed E-state index contributed by atoms with van der Waals surface area (Å²) in [5, 5.41) is 2.47. The second-order valence-electron chi connectivity index (χ2n) is 3.31. The van der Waals surface area contributed by atoms with Crippen LogP contribution in [0.3, 0.4) is 0 Å². The van der Waals surface area contributed by atoms with Gasteiger partial charge in [-0.2, -0.15) is 0 Å². The van der Waals surface area contributed by atoms with Crippen molar-refractivity contribution < 1.29 is 12.8 Å². The number of sulfonamides is 1. The van der Waals surface area contributed by atoms with Crippen LogP contribution in [-0.4, -0.2) is 13.4 Å². The molecule has 0 spiro atoms. The highest BCUT2D eigenvalue weighted by atomic mass is 79.9. The quantitative estimate of drug-likeness (QED) is 0.848. The monoisotopic (exact) mass is 351 g/mol. The van der Waals surface area contributed by atoms with Gasteiger partial charge in [0.1, 0.15) is 15.7 Å². The normalized spacial score (nSPS) is 11.9. The van der Waals surface area contributed by atoms with E-state index in [1.54, 1.807) is 11.6 Å². The fourth-order valence-electron chi connectivity index (χ4n) is 1.26. The Balaban J connectivity index is 2.17. The number of hydrogen-bond donors (Lipinski definition) is 2. The molecule has 0 bridgehead atoms. The third-order valence-corrected chi connectivity index (χ3v) is 5.13. The summed E-state index contributed by atoms with van der Waals surface area (Å²) >= 11 is 4.44. The molecule has 0 aliphatic carbocycles. The molecule has 0 amide bonds. The first-order valence-corrected chi connectivity index (χ1v) is 8.05. The molecular weight excluding hydrogens is 342 g/mol. The van der Waals surface area contributed by atoms with Crippen molar-refractivity contribution in [3.63, 3.8) is 0 Å². The number of furan rings is 1. The molecule has 9 heteroatoms. The molecule has 0 aliphatic heterocycles. The predicted molar refractivity (Wildman–Crippen MR) is 70.4 cm³/mol. The van der Waals surface area contributed by atoms with Gasteiger partial charge < -0.3 is 10.2 Å². The molecule has 2 rings (SSSR count). The van der Waals surface area contributed by atoms with Crippen LogP contribution in [0.4, 0.5) is 0 Å². The molecule has 3 N–H and O–H groups in total. The van der Waals surface area contributed by atoms with E-state index in [0.717, 1.165) is 0 Å². The third kappa shape index (κ3) is 2.98. The van der Waals surface area contributed by atoms with Gasteiger partial charge in [-0.15, -0.1) is 11.3 Å². The summed E-state index contributed by atoms with van der Waals surface area (Å²) in [4.78, 5) is 4.03. The lowest BCUT2D eigenvalue weighted by Crippen LogP contribution is -2.23. The summed E-state index contributed by atoms with van der Waals surface area (Å²) in [5.41, 5.74) is 5.39. The number of rotatable bonds is 5. The summed E-state index contributed by atoms with van der Waals surface area (Å²) in [6.07, 6.45) is 1.62. The summed E-state index contributed by atoms with van der Waals surface area (Å²) < 4.78 is 31.8. The molecular formula is C9H10BrN3O3S2. The highest BCUT2D eigenvalue weighted by Gasteiger charge is 2.22. The molecule has 0 aliphatic rings. The smallest absolute Gasteiger partial charge is 0.245 e. The molecule has 2 aromatic heterocycles. The van der Waals surface area contributed by atoms with Crippen molar-refractivity contribution in [1.82, 2.24) is 9.71 Å². The highest BCUT2D eigenvalue weighted by Crippen LogP contribution is 2.25. The molecule has 0 saturated carbocycles. The van der Waals surface area contributed by atoms with Gasteiger partial charge in [-0.05, 0) is 15.9 Å². The van der Waals surface area contributed by atoms with Crippen molar-refractivity contribution in [3.05, 3.63) is 33.1 Å². The largest absolute Gasteiger partial charge is 0.452 e. The van der Waals surface area contributed by atoms with Crippen molar-refractivity contribution in [3.8, 4) is 0 Å². The maximum atomic E-state index is 12.0. The van der Waals surface area contributed by atoms with Crippen molar-refractivity contribution in [1.29, 1.82) is 0 Å². The number of nitrogens with one attached hydrogen (secondary N) is 1. The lowest BCUT2D eigenvalue weighted by atomic mass is 10.5. The molecule has 0 radical (unpaired) electrons. The van der Waals surface area contributed by atoms with E-state index in [0.29, 0.717) is 10.8 Å². The van der Waals surface area contributed by atoms with Crippen LogP contribution in [0.5, 0.6) is 0 Å². The van der Waals surface area contributed by atoms with Crippen LogP contribution >= 0.6 is 27.3 Å². The maximum absolute atomic E-state index is 12.0. The average Bonchev–Trinajstić information content (AvgIpc) is 2.95. The third-order valence-electron chi connectivity index (χ3n) is 2.09. The van der Waals surface area contributed by atoms with Gasteiger partial charge in [-0.25, -0.2) is 18.1 Å². The van der Waals surface area contributed by atoms with E-state index in [9.17, 15) is 8.42 Å². The van der Waals surface area contributed by atoms with Crippen molar-refractivity contribution in [2.45, 2.75) is 18.0 Å². The van der Waals surface area contributed by atoms with E-state index >= 15 is 0 Å². The maximum Gasteiger partial charge on any atom is 0.245 e. The lowest BCUT2D eigenvalue weighted by molar-refractivity contribution is 0.483. The molecule has 2 heterocycles. The average molecular weight is 352 g/mol. The number of nitrogens with zero attached hydrogens (tertiary/aromatic N) is 1. The van der Waals surface area contributed by atoms with E-state index in [-0.39, 0.29) is 22.7 Å². The molecule has 0 atom stereocenters. The van der Waals surface area contributed by atoms with Crippen molar-refractivity contribution in [2.75, 3.05) is 0 Å². The number of hydrogen-bond acceptors (Lipinski definition) is 6. The number of nitrogens with two attached hydrogens (primary N) is 1. The summed E-state index contributed by atoms with van der Waals surface area (Å²) in [6.45, 7) is 0.288. The first-order chi connectivity index (χ1) is 8.53. The van der Waals surface area contributed by atoms with Gasteiger partial charge in [-0.3, -0.25) is 0 Å². The van der Waals surface area contributed by atoms with E-state index in [2.05, 4.69) is 25.6 Å². The van der Waals surface area contributed by atoms with Crippen LogP contribution in [0.1, 0.15) is 10.8 Å². The van der Waals surface area contributed by atoms with Gasteiger partial charge in [0.25, 0.3) is 0 Å². The van der Waals surface area contributed by atoms with Gasteiger partial charge in [0, 0.05) is 17.6 Å². The molecule has 0 unspecified atom stereocenters. The minimum Gasteiger partial charge on any atom is -0.452 e. The Morgan fingerprint density at radius 1 is 1.56 bits per heavy atom. The molecule has 0 saturated heterocycles. The summed E-state index contributed by atoms with van der Waals surface area (Å²) in [6, 6.07) is 1.40. The fraction of sp³-hybridized carbons (Fsp3) is 0.222. The number of aromatic nitrogens is 1. The number of halogens is 1. The van der Waals surface area contributed by atoms with Gasteiger partial charge in [-0.1, -0.05) is 0 Å². The topological polar surface area (TPSA) is 98.2 Å². The standard InChI is InChI=1S/C9H10BrN3O3S2/c10-9-7(3-6(4-11)16-9)18(14,15)13-5-8-12-1-2-17-8/h1-3,13H,4-5,11H2. The summed E-state index contributed by atoms with van der Waals surface area (Å²) in [5.74, 6) is 0.400. The minimum absolute atomic E-state index is 0.0412. The van der Waals surface area contributed by atoms with Gasteiger partial charge in [0.2, 0.25) is 10.0 Å². The fourth-order valence-corrected chi connectivity index (χ4v) is 3.89.